The van der Waals surface area contributed by atoms with Crippen molar-refractivity contribution in [3.63, 3.8) is 0 Å². The van der Waals surface area contributed by atoms with Gasteiger partial charge in [0, 0.05) is 12.6 Å². The smallest absolute Gasteiger partial charge is 0.0991 e. The van der Waals surface area contributed by atoms with Crippen molar-refractivity contribution < 1.29 is 0 Å². The van der Waals surface area contributed by atoms with Crippen molar-refractivity contribution >= 4 is 0 Å². The van der Waals surface area contributed by atoms with Crippen LogP contribution < -0.4 is 5.32 Å². The van der Waals surface area contributed by atoms with Gasteiger partial charge in [-0.3, -0.25) is 0 Å². The van der Waals surface area contributed by atoms with Gasteiger partial charge in [0.15, 0.2) is 0 Å². The first-order valence-corrected chi connectivity index (χ1v) is 8.07. The molecule has 3 aliphatic rings. The van der Waals surface area contributed by atoms with E-state index in [-0.39, 0.29) is 0 Å². The Labute approximate surface area is 121 Å². The van der Waals surface area contributed by atoms with E-state index in [1.807, 2.05) is 18.2 Å². The van der Waals surface area contributed by atoms with Crippen molar-refractivity contribution in [2.45, 2.75) is 44.7 Å². The third-order valence-electron chi connectivity index (χ3n) is 6.05. The molecule has 0 heterocycles. The Balaban J connectivity index is 1.40. The molecule has 3 aliphatic carbocycles. The number of nitriles is 1. The molecule has 0 aromatic heterocycles. The SMILES string of the molecule is N#Cc1cccc(CNC2CC3CC2C2CCCC32)c1. The monoisotopic (exact) mass is 266 g/mol. The van der Waals surface area contributed by atoms with Crippen molar-refractivity contribution in [3.05, 3.63) is 35.4 Å². The Morgan fingerprint density at radius 1 is 1.15 bits per heavy atom. The van der Waals surface area contributed by atoms with E-state index in [1.54, 1.807) is 0 Å². The van der Waals surface area contributed by atoms with E-state index in [1.165, 1.54) is 37.7 Å². The summed E-state index contributed by atoms with van der Waals surface area (Å²) in [6.45, 7) is 0.917. The second-order valence-corrected chi connectivity index (χ2v) is 6.95. The molecule has 4 rings (SSSR count). The second-order valence-electron chi connectivity index (χ2n) is 6.95. The van der Waals surface area contributed by atoms with Gasteiger partial charge in [-0.1, -0.05) is 18.6 Å². The fourth-order valence-electron chi connectivity index (χ4n) is 5.30. The minimum Gasteiger partial charge on any atom is -0.310 e. The lowest BCUT2D eigenvalue weighted by molar-refractivity contribution is 0.208. The van der Waals surface area contributed by atoms with Gasteiger partial charge in [0.05, 0.1) is 11.6 Å². The molecule has 104 valence electrons. The summed E-state index contributed by atoms with van der Waals surface area (Å²) in [5.41, 5.74) is 2.02. The molecule has 5 unspecified atom stereocenters. The Bertz CT molecular complexity index is 545. The summed E-state index contributed by atoms with van der Waals surface area (Å²) in [5, 5.41) is 12.7. The van der Waals surface area contributed by atoms with E-state index in [9.17, 15) is 0 Å². The number of rotatable bonds is 3. The molecule has 0 amide bonds. The molecule has 0 saturated heterocycles. The average molecular weight is 266 g/mol. The Morgan fingerprint density at radius 3 is 2.95 bits per heavy atom. The number of hydrogen-bond acceptors (Lipinski definition) is 2. The topological polar surface area (TPSA) is 35.8 Å². The van der Waals surface area contributed by atoms with Crippen molar-refractivity contribution in [1.29, 1.82) is 5.26 Å². The van der Waals surface area contributed by atoms with Crippen LogP contribution in [0.15, 0.2) is 24.3 Å². The minimum absolute atomic E-state index is 0.727. The summed E-state index contributed by atoms with van der Waals surface area (Å²) < 4.78 is 0. The van der Waals surface area contributed by atoms with Crippen molar-refractivity contribution in [3.8, 4) is 6.07 Å². The van der Waals surface area contributed by atoms with Crippen molar-refractivity contribution in [1.82, 2.24) is 5.32 Å². The standard InChI is InChI=1S/C18H22N2/c19-10-12-3-1-4-13(7-12)11-20-18-9-14-8-17(18)16-6-2-5-15(14)16/h1,3-4,7,14-18,20H,2,5-6,8-9,11H2. The van der Waals surface area contributed by atoms with E-state index in [0.29, 0.717) is 0 Å². The van der Waals surface area contributed by atoms with Crippen molar-refractivity contribution in [2.24, 2.45) is 23.7 Å². The summed E-state index contributed by atoms with van der Waals surface area (Å²) in [4.78, 5) is 0. The number of benzene rings is 1. The number of fused-ring (bicyclic) bond motifs is 5. The summed E-state index contributed by atoms with van der Waals surface area (Å²) >= 11 is 0. The Morgan fingerprint density at radius 2 is 2.05 bits per heavy atom. The van der Waals surface area contributed by atoms with Crippen LogP contribution in [0.3, 0.4) is 0 Å². The van der Waals surface area contributed by atoms with Gasteiger partial charge in [-0.05, 0) is 67.1 Å². The Hall–Kier alpha value is -1.33. The van der Waals surface area contributed by atoms with Crippen LogP contribution in [0.1, 0.15) is 43.2 Å². The molecule has 3 fully saturated rings. The van der Waals surface area contributed by atoms with Crippen LogP contribution >= 0.6 is 0 Å². The van der Waals surface area contributed by atoms with E-state index in [2.05, 4.69) is 17.5 Å². The molecule has 0 aliphatic heterocycles. The first-order valence-electron chi connectivity index (χ1n) is 8.07. The quantitative estimate of drug-likeness (QED) is 0.909. The molecule has 2 bridgehead atoms. The van der Waals surface area contributed by atoms with Crippen LogP contribution in [-0.2, 0) is 6.54 Å². The molecule has 2 heteroatoms. The lowest BCUT2D eigenvalue weighted by Crippen LogP contribution is -2.38. The maximum Gasteiger partial charge on any atom is 0.0991 e. The van der Waals surface area contributed by atoms with E-state index in [4.69, 9.17) is 5.26 Å². The predicted molar refractivity (Wildman–Crippen MR) is 78.8 cm³/mol. The fourth-order valence-corrected chi connectivity index (χ4v) is 5.30. The van der Waals surface area contributed by atoms with Gasteiger partial charge in [-0.25, -0.2) is 0 Å². The lowest BCUT2D eigenvalue weighted by atomic mass is 9.79. The van der Waals surface area contributed by atoms with Crippen LogP contribution in [0.2, 0.25) is 0 Å². The third-order valence-corrected chi connectivity index (χ3v) is 6.05. The first kappa shape index (κ1) is 12.4. The molecular weight excluding hydrogens is 244 g/mol. The van der Waals surface area contributed by atoms with Gasteiger partial charge in [0.25, 0.3) is 0 Å². The maximum atomic E-state index is 8.96. The highest BCUT2D eigenvalue weighted by molar-refractivity contribution is 5.32. The van der Waals surface area contributed by atoms with E-state index >= 15 is 0 Å². The number of hydrogen-bond donors (Lipinski definition) is 1. The Kier molecular flexibility index (Phi) is 3.04. The zero-order valence-corrected chi connectivity index (χ0v) is 11.9. The highest BCUT2D eigenvalue weighted by Crippen LogP contribution is 2.58. The van der Waals surface area contributed by atoms with Gasteiger partial charge >= 0.3 is 0 Å². The molecule has 2 nitrogen and oxygen atoms in total. The average Bonchev–Trinajstić information content (AvgIpc) is 3.17. The van der Waals surface area contributed by atoms with Gasteiger partial charge in [-0.2, -0.15) is 5.26 Å². The summed E-state index contributed by atoms with van der Waals surface area (Å²) in [6.07, 6.45) is 7.32. The van der Waals surface area contributed by atoms with Gasteiger partial charge < -0.3 is 5.32 Å². The molecular formula is C18H22N2. The predicted octanol–water partition coefficient (Wildman–Crippen LogP) is 3.47. The highest BCUT2D eigenvalue weighted by Gasteiger charge is 2.53. The fraction of sp³-hybridized carbons (Fsp3) is 0.611. The molecule has 0 radical (unpaired) electrons. The van der Waals surface area contributed by atoms with Crippen LogP contribution in [-0.4, -0.2) is 6.04 Å². The molecule has 20 heavy (non-hydrogen) atoms. The normalized spacial score (nSPS) is 37.9. The number of nitrogens with zero attached hydrogens (tertiary/aromatic N) is 1. The number of nitrogens with one attached hydrogen (secondary N) is 1. The van der Waals surface area contributed by atoms with E-state index < -0.39 is 0 Å². The minimum atomic E-state index is 0.727. The van der Waals surface area contributed by atoms with Gasteiger partial charge in [0.2, 0.25) is 0 Å². The first-order chi connectivity index (χ1) is 9.85. The van der Waals surface area contributed by atoms with Gasteiger partial charge in [-0.15, -0.1) is 0 Å². The molecule has 5 atom stereocenters. The highest BCUT2D eigenvalue weighted by atomic mass is 14.9. The molecule has 3 saturated carbocycles. The maximum absolute atomic E-state index is 8.96. The molecule has 1 aromatic carbocycles. The van der Waals surface area contributed by atoms with E-state index in [0.717, 1.165) is 41.8 Å². The molecule has 0 spiro atoms. The molecule has 1 aromatic rings. The van der Waals surface area contributed by atoms with Crippen LogP contribution in [0.4, 0.5) is 0 Å². The zero-order valence-electron chi connectivity index (χ0n) is 11.9. The van der Waals surface area contributed by atoms with Crippen LogP contribution in [0.5, 0.6) is 0 Å². The molecule has 1 N–H and O–H groups in total. The third kappa shape index (κ3) is 1.96. The van der Waals surface area contributed by atoms with Crippen LogP contribution in [0.25, 0.3) is 0 Å². The summed E-state index contributed by atoms with van der Waals surface area (Å²) in [7, 11) is 0. The van der Waals surface area contributed by atoms with Gasteiger partial charge in [0.1, 0.15) is 0 Å². The zero-order chi connectivity index (χ0) is 13.5. The summed E-state index contributed by atoms with van der Waals surface area (Å²) in [6, 6.07) is 11.0. The van der Waals surface area contributed by atoms with Crippen molar-refractivity contribution in [2.75, 3.05) is 0 Å². The summed E-state index contributed by atoms with van der Waals surface area (Å²) in [5.74, 6) is 4.04. The second kappa shape index (κ2) is 4.90. The van der Waals surface area contributed by atoms with Crippen LogP contribution in [0, 0.1) is 35.0 Å². The lowest BCUT2D eigenvalue weighted by Gasteiger charge is -2.32. The largest absolute Gasteiger partial charge is 0.310 e.